The zero-order valence-corrected chi connectivity index (χ0v) is 16.7. The van der Waals surface area contributed by atoms with Gasteiger partial charge in [0.2, 0.25) is 15.9 Å². The van der Waals surface area contributed by atoms with Gasteiger partial charge in [0.15, 0.2) is 0 Å². The van der Waals surface area contributed by atoms with Crippen LogP contribution in [0, 0.1) is 0 Å². The van der Waals surface area contributed by atoms with E-state index in [1.54, 1.807) is 18.2 Å². The molecule has 0 spiro atoms. The number of imide groups is 1. The number of sulfonamides is 1. The van der Waals surface area contributed by atoms with Crippen molar-refractivity contribution in [2.75, 3.05) is 45.8 Å². The molecule has 3 amide bonds. The molecule has 0 bridgehead atoms. The molecule has 0 unspecified atom stereocenters. The second-order valence-corrected chi connectivity index (χ2v) is 9.13. The Morgan fingerprint density at radius 3 is 2.57 bits per heavy atom. The molecule has 2 aliphatic heterocycles. The van der Waals surface area contributed by atoms with Gasteiger partial charge in [-0.05, 0) is 25.1 Å². The van der Waals surface area contributed by atoms with Gasteiger partial charge in [0.05, 0.1) is 18.3 Å². The van der Waals surface area contributed by atoms with Crippen molar-refractivity contribution in [2.45, 2.75) is 11.3 Å². The summed E-state index contributed by atoms with van der Waals surface area (Å²) in [4.78, 5) is 26.7. The summed E-state index contributed by atoms with van der Waals surface area (Å²) < 4.78 is 35.8. The third-order valence-corrected chi connectivity index (χ3v) is 7.46. The Bertz CT molecular complexity index is 983. The minimum absolute atomic E-state index is 0.0661. The average Bonchev–Trinajstić information content (AvgIpc) is 3.29. The maximum Gasteiger partial charge on any atom is 0.324 e. The average molecular weight is 425 g/mol. The number of piperazine rings is 1. The minimum atomic E-state index is -3.63. The third kappa shape index (κ3) is 3.60. The Balaban J connectivity index is 1.33. The second-order valence-electron chi connectivity index (χ2n) is 6.69. The van der Waals surface area contributed by atoms with Crippen LogP contribution in [-0.4, -0.2) is 89.0 Å². The van der Waals surface area contributed by atoms with Gasteiger partial charge < -0.3 is 10.2 Å². The van der Waals surface area contributed by atoms with Crippen LogP contribution >= 0.6 is 11.7 Å². The first-order valence-electron chi connectivity index (χ1n) is 8.99. The summed E-state index contributed by atoms with van der Waals surface area (Å²) >= 11 is 1.00. The number of fused-ring (bicyclic) bond motifs is 1. The first-order chi connectivity index (χ1) is 13.5. The third-order valence-electron chi connectivity index (χ3n) is 4.99. The van der Waals surface area contributed by atoms with Crippen molar-refractivity contribution >= 4 is 44.7 Å². The first kappa shape index (κ1) is 19.2. The van der Waals surface area contributed by atoms with Gasteiger partial charge in [-0.1, -0.05) is 6.07 Å². The smallest absolute Gasteiger partial charge is 0.324 e. The summed E-state index contributed by atoms with van der Waals surface area (Å²) in [6, 6.07) is 4.67. The topological polar surface area (TPSA) is 116 Å². The zero-order chi connectivity index (χ0) is 19.7. The molecule has 1 aromatic heterocycles. The number of hydrogen-bond acceptors (Lipinski definition) is 8. The van der Waals surface area contributed by atoms with Gasteiger partial charge in [-0.15, -0.1) is 0 Å². The molecular formula is C16H20N6O4S2. The summed E-state index contributed by atoms with van der Waals surface area (Å²) in [6.07, 6.45) is 0.662. The summed E-state index contributed by atoms with van der Waals surface area (Å²) in [5.74, 6) is -0.202. The number of urea groups is 1. The fourth-order valence-electron chi connectivity index (χ4n) is 3.46. The number of carbonyl (C=O) groups is 2. The van der Waals surface area contributed by atoms with Crippen molar-refractivity contribution in [3.63, 3.8) is 0 Å². The number of aromatic nitrogens is 2. The molecular weight excluding hydrogens is 404 g/mol. The van der Waals surface area contributed by atoms with E-state index in [1.807, 2.05) is 0 Å². The molecule has 0 aliphatic carbocycles. The predicted octanol–water partition coefficient (Wildman–Crippen LogP) is -0.0605. The summed E-state index contributed by atoms with van der Waals surface area (Å²) in [5, 5.41) is 2.50. The molecule has 2 aliphatic rings. The van der Waals surface area contributed by atoms with E-state index < -0.39 is 10.0 Å². The Morgan fingerprint density at radius 1 is 1.07 bits per heavy atom. The van der Waals surface area contributed by atoms with Crippen molar-refractivity contribution in [2.24, 2.45) is 0 Å². The van der Waals surface area contributed by atoms with Crippen LogP contribution in [0.3, 0.4) is 0 Å². The van der Waals surface area contributed by atoms with Crippen LogP contribution in [0.25, 0.3) is 11.0 Å². The molecule has 28 heavy (non-hydrogen) atoms. The molecule has 0 radical (unpaired) electrons. The lowest BCUT2D eigenvalue weighted by molar-refractivity contribution is -0.125. The van der Waals surface area contributed by atoms with Crippen molar-refractivity contribution in [3.8, 4) is 0 Å². The van der Waals surface area contributed by atoms with Gasteiger partial charge in [0, 0.05) is 32.7 Å². The standard InChI is InChI=1S/C16H20N6O4S2/c23-14-11-17-16(24)22(14)6-2-5-20-7-9-21(10-8-20)28(25,26)13-4-1-3-12-15(13)19-27-18-12/h1,3-4H,2,5-11H2,(H,17,24). The lowest BCUT2D eigenvalue weighted by atomic mass is 10.3. The van der Waals surface area contributed by atoms with Crippen molar-refractivity contribution in [3.05, 3.63) is 18.2 Å². The van der Waals surface area contributed by atoms with E-state index in [4.69, 9.17) is 0 Å². The van der Waals surface area contributed by atoms with E-state index >= 15 is 0 Å². The van der Waals surface area contributed by atoms with E-state index in [0.29, 0.717) is 56.7 Å². The zero-order valence-electron chi connectivity index (χ0n) is 15.1. The first-order valence-corrected chi connectivity index (χ1v) is 11.2. The molecule has 2 aromatic rings. The quantitative estimate of drug-likeness (QED) is 0.646. The Kier molecular flexibility index (Phi) is 5.27. The largest absolute Gasteiger partial charge is 0.329 e. The van der Waals surface area contributed by atoms with Gasteiger partial charge in [-0.25, -0.2) is 13.2 Å². The maximum absolute atomic E-state index is 13.0. The van der Waals surface area contributed by atoms with Crippen LogP contribution < -0.4 is 5.32 Å². The number of benzene rings is 1. The van der Waals surface area contributed by atoms with Gasteiger partial charge >= 0.3 is 6.03 Å². The normalized spacial score (nSPS) is 19.5. The Morgan fingerprint density at radius 2 is 1.86 bits per heavy atom. The Hall–Kier alpha value is -2.15. The van der Waals surface area contributed by atoms with Gasteiger partial charge in [-0.2, -0.15) is 13.1 Å². The maximum atomic E-state index is 13.0. The summed E-state index contributed by atoms with van der Waals surface area (Å²) in [5.41, 5.74) is 1.01. The van der Waals surface area contributed by atoms with Crippen molar-refractivity contribution in [1.82, 2.24) is 28.2 Å². The lowest BCUT2D eigenvalue weighted by Gasteiger charge is -2.34. The lowest BCUT2D eigenvalue weighted by Crippen LogP contribution is -2.49. The highest BCUT2D eigenvalue weighted by atomic mass is 32.2. The molecule has 4 rings (SSSR count). The van der Waals surface area contributed by atoms with Gasteiger partial charge in [0.25, 0.3) is 0 Å². The van der Waals surface area contributed by atoms with E-state index in [-0.39, 0.29) is 23.4 Å². The fraction of sp³-hybridized carbons (Fsp3) is 0.500. The highest BCUT2D eigenvalue weighted by molar-refractivity contribution is 7.89. The van der Waals surface area contributed by atoms with Crippen LogP contribution in [0.4, 0.5) is 4.79 Å². The molecule has 0 atom stereocenters. The van der Waals surface area contributed by atoms with Crippen molar-refractivity contribution < 1.29 is 18.0 Å². The van der Waals surface area contributed by atoms with E-state index in [0.717, 1.165) is 11.7 Å². The summed E-state index contributed by atoms with van der Waals surface area (Å²) in [7, 11) is -3.63. The van der Waals surface area contributed by atoms with E-state index in [9.17, 15) is 18.0 Å². The number of amides is 3. The van der Waals surface area contributed by atoms with Crippen LogP contribution in [0.5, 0.6) is 0 Å². The molecule has 2 fully saturated rings. The predicted molar refractivity (Wildman–Crippen MR) is 102 cm³/mol. The van der Waals surface area contributed by atoms with Crippen LogP contribution in [0.15, 0.2) is 23.1 Å². The number of nitrogens with one attached hydrogen (secondary N) is 1. The molecule has 3 heterocycles. The molecule has 150 valence electrons. The minimum Gasteiger partial charge on any atom is -0.329 e. The molecule has 1 aromatic carbocycles. The number of rotatable bonds is 6. The van der Waals surface area contributed by atoms with Gasteiger partial charge in [-0.3, -0.25) is 9.69 Å². The summed E-state index contributed by atoms with van der Waals surface area (Å²) in [6.45, 7) is 3.13. The molecule has 0 saturated carbocycles. The SMILES string of the molecule is O=C1CNC(=O)N1CCCN1CCN(S(=O)(=O)c2cccc3nsnc23)CC1. The van der Waals surface area contributed by atoms with Crippen molar-refractivity contribution in [1.29, 1.82) is 0 Å². The molecule has 12 heteroatoms. The van der Waals surface area contributed by atoms with Crippen LogP contribution in [0.1, 0.15) is 6.42 Å². The molecule has 1 N–H and O–H groups in total. The Labute approximate surface area is 166 Å². The van der Waals surface area contributed by atoms with E-state index in [2.05, 4.69) is 19.0 Å². The monoisotopic (exact) mass is 424 g/mol. The van der Waals surface area contributed by atoms with E-state index in [1.165, 1.54) is 9.21 Å². The highest BCUT2D eigenvalue weighted by Crippen LogP contribution is 2.25. The highest BCUT2D eigenvalue weighted by Gasteiger charge is 2.31. The molecule has 2 saturated heterocycles. The van der Waals surface area contributed by atoms with Crippen LogP contribution in [-0.2, 0) is 14.8 Å². The number of hydrogen-bond donors (Lipinski definition) is 1. The number of nitrogens with zero attached hydrogens (tertiary/aromatic N) is 5. The van der Waals surface area contributed by atoms with Gasteiger partial charge in [0.1, 0.15) is 15.9 Å². The molecule has 10 nitrogen and oxygen atoms in total. The number of carbonyl (C=O) groups excluding carboxylic acids is 2. The van der Waals surface area contributed by atoms with Crippen LogP contribution in [0.2, 0.25) is 0 Å². The fourth-order valence-corrected chi connectivity index (χ4v) is 5.63. The second kappa shape index (κ2) is 7.70.